The Labute approximate surface area is 85.0 Å². The van der Waals surface area contributed by atoms with Gasteiger partial charge in [0, 0.05) is 24.5 Å². The summed E-state index contributed by atoms with van der Waals surface area (Å²) in [5.74, 6) is 0. The van der Waals surface area contributed by atoms with E-state index in [2.05, 4.69) is 4.98 Å². The van der Waals surface area contributed by atoms with Gasteiger partial charge < -0.3 is 10.8 Å². The summed E-state index contributed by atoms with van der Waals surface area (Å²) in [6.45, 7) is 6.09. The van der Waals surface area contributed by atoms with Crippen LogP contribution >= 0.6 is 0 Å². The summed E-state index contributed by atoms with van der Waals surface area (Å²) < 4.78 is 0. The number of hydrogen-bond acceptors (Lipinski definition) is 3. The van der Waals surface area contributed by atoms with E-state index >= 15 is 0 Å². The monoisotopic (exact) mass is 194 g/mol. The minimum absolute atomic E-state index is 0.197. The zero-order chi connectivity index (χ0) is 10.8. The van der Waals surface area contributed by atoms with Crippen LogP contribution in [0, 0.1) is 5.41 Å². The zero-order valence-electron chi connectivity index (χ0n) is 8.99. The number of rotatable bonds is 2. The quantitative estimate of drug-likeness (QED) is 0.745. The van der Waals surface area contributed by atoms with Crippen molar-refractivity contribution in [3.05, 3.63) is 30.1 Å². The zero-order valence-corrected chi connectivity index (χ0v) is 8.99. The second-order valence-electron chi connectivity index (χ2n) is 4.56. The van der Waals surface area contributed by atoms with Gasteiger partial charge in [-0.05, 0) is 11.5 Å². The molecule has 3 heteroatoms. The van der Waals surface area contributed by atoms with Gasteiger partial charge in [0.25, 0.3) is 0 Å². The second kappa shape index (κ2) is 3.67. The van der Waals surface area contributed by atoms with Crippen LogP contribution in [-0.4, -0.2) is 16.6 Å². The molecule has 0 amide bonds. The molecule has 3 nitrogen and oxygen atoms in total. The number of aromatic nitrogens is 1. The highest BCUT2D eigenvalue weighted by Crippen LogP contribution is 2.37. The molecule has 0 saturated carbocycles. The predicted molar refractivity (Wildman–Crippen MR) is 56.6 cm³/mol. The lowest BCUT2D eigenvalue weighted by molar-refractivity contribution is -0.0559. The van der Waals surface area contributed by atoms with Gasteiger partial charge in [-0.3, -0.25) is 4.98 Å². The third-order valence-electron chi connectivity index (χ3n) is 2.68. The van der Waals surface area contributed by atoms with Gasteiger partial charge in [-0.2, -0.15) is 0 Å². The first-order valence-electron chi connectivity index (χ1n) is 4.75. The van der Waals surface area contributed by atoms with Gasteiger partial charge in [0.2, 0.25) is 0 Å². The fourth-order valence-electron chi connectivity index (χ4n) is 1.46. The standard InChI is InChI=1S/C11H18N2O/c1-10(2,3)11(14,8-12)9-5-4-6-13-7-9/h4-7,14H,8,12H2,1-3H3. The normalized spacial score (nSPS) is 16.4. The van der Waals surface area contributed by atoms with Gasteiger partial charge in [-0.25, -0.2) is 0 Å². The molecule has 14 heavy (non-hydrogen) atoms. The molecule has 1 aromatic heterocycles. The molecular weight excluding hydrogens is 176 g/mol. The van der Waals surface area contributed by atoms with Gasteiger partial charge in [0.15, 0.2) is 0 Å². The van der Waals surface area contributed by atoms with Crippen LogP contribution in [0.5, 0.6) is 0 Å². The molecule has 1 unspecified atom stereocenters. The maximum Gasteiger partial charge on any atom is 0.108 e. The van der Waals surface area contributed by atoms with Gasteiger partial charge in [0.1, 0.15) is 5.60 Å². The summed E-state index contributed by atoms with van der Waals surface area (Å²) in [5.41, 5.74) is 5.11. The molecule has 0 aliphatic heterocycles. The van der Waals surface area contributed by atoms with Gasteiger partial charge >= 0.3 is 0 Å². The number of hydrogen-bond donors (Lipinski definition) is 2. The topological polar surface area (TPSA) is 59.1 Å². The van der Waals surface area contributed by atoms with Crippen LogP contribution < -0.4 is 5.73 Å². The molecule has 1 heterocycles. The Morgan fingerprint density at radius 1 is 1.43 bits per heavy atom. The minimum atomic E-state index is -1.01. The lowest BCUT2D eigenvalue weighted by Crippen LogP contribution is -2.46. The number of nitrogens with zero attached hydrogens (tertiary/aromatic N) is 1. The predicted octanol–water partition coefficient (Wildman–Crippen LogP) is 1.27. The van der Waals surface area contributed by atoms with E-state index in [1.807, 2.05) is 32.9 Å². The lowest BCUT2D eigenvalue weighted by Gasteiger charge is -2.39. The van der Waals surface area contributed by atoms with Crippen molar-refractivity contribution in [2.45, 2.75) is 26.4 Å². The summed E-state index contributed by atoms with van der Waals surface area (Å²) in [5, 5.41) is 10.5. The fourth-order valence-corrected chi connectivity index (χ4v) is 1.46. The van der Waals surface area contributed by atoms with Crippen LogP contribution in [0.3, 0.4) is 0 Å². The van der Waals surface area contributed by atoms with E-state index in [1.165, 1.54) is 0 Å². The third-order valence-corrected chi connectivity index (χ3v) is 2.68. The molecule has 3 N–H and O–H groups in total. The largest absolute Gasteiger partial charge is 0.383 e. The highest BCUT2D eigenvalue weighted by molar-refractivity contribution is 5.21. The molecule has 0 aliphatic rings. The minimum Gasteiger partial charge on any atom is -0.383 e. The molecule has 0 fully saturated rings. The van der Waals surface area contributed by atoms with Crippen LogP contribution in [0.15, 0.2) is 24.5 Å². The molecule has 0 saturated heterocycles. The van der Waals surface area contributed by atoms with Crippen LogP contribution in [-0.2, 0) is 5.60 Å². The van der Waals surface area contributed by atoms with Crippen molar-refractivity contribution in [3.8, 4) is 0 Å². The Morgan fingerprint density at radius 3 is 2.43 bits per heavy atom. The third kappa shape index (κ3) is 1.79. The van der Waals surface area contributed by atoms with Crippen LogP contribution in [0.1, 0.15) is 26.3 Å². The van der Waals surface area contributed by atoms with E-state index in [-0.39, 0.29) is 12.0 Å². The summed E-state index contributed by atoms with van der Waals surface area (Å²) in [4.78, 5) is 4.00. The Morgan fingerprint density at radius 2 is 2.07 bits per heavy atom. The summed E-state index contributed by atoms with van der Waals surface area (Å²) in [6, 6.07) is 3.66. The molecule has 0 spiro atoms. The van der Waals surface area contributed by atoms with Gasteiger partial charge in [-0.15, -0.1) is 0 Å². The molecule has 1 rings (SSSR count). The summed E-state index contributed by atoms with van der Waals surface area (Å²) >= 11 is 0. The van der Waals surface area contributed by atoms with E-state index in [4.69, 9.17) is 5.73 Å². The first-order chi connectivity index (χ1) is 6.42. The van der Waals surface area contributed by atoms with E-state index in [9.17, 15) is 5.11 Å². The Hall–Kier alpha value is -0.930. The molecule has 78 valence electrons. The second-order valence-corrected chi connectivity index (χ2v) is 4.56. The lowest BCUT2D eigenvalue weighted by atomic mass is 9.73. The first-order valence-corrected chi connectivity index (χ1v) is 4.75. The smallest absolute Gasteiger partial charge is 0.108 e. The highest BCUT2D eigenvalue weighted by atomic mass is 16.3. The molecule has 0 radical (unpaired) electrons. The van der Waals surface area contributed by atoms with Crippen molar-refractivity contribution in [3.63, 3.8) is 0 Å². The number of aliphatic hydroxyl groups is 1. The number of pyridine rings is 1. The maximum absolute atomic E-state index is 10.5. The van der Waals surface area contributed by atoms with Crippen molar-refractivity contribution in [2.75, 3.05) is 6.54 Å². The molecule has 0 bridgehead atoms. The summed E-state index contributed by atoms with van der Waals surface area (Å²) in [7, 11) is 0. The van der Waals surface area contributed by atoms with E-state index < -0.39 is 5.60 Å². The van der Waals surface area contributed by atoms with Crippen LogP contribution in [0.2, 0.25) is 0 Å². The highest BCUT2D eigenvalue weighted by Gasteiger charge is 2.40. The fraction of sp³-hybridized carbons (Fsp3) is 0.545. The van der Waals surface area contributed by atoms with Crippen molar-refractivity contribution < 1.29 is 5.11 Å². The Balaban J connectivity index is 3.15. The van der Waals surface area contributed by atoms with E-state index in [1.54, 1.807) is 12.4 Å². The first kappa shape index (κ1) is 11.1. The average molecular weight is 194 g/mol. The van der Waals surface area contributed by atoms with Crippen LogP contribution in [0.25, 0.3) is 0 Å². The van der Waals surface area contributed by atoms with Gasteiger partial charge in [0.05, 0.1) is 0 Å². The summed E-state index contributed by atoms with van der Waals surface area (Å²) in [6.07, 6.45) is 3.35. The van der Waals surface area contributed by atoms with Crippen molar-refractivity contribution in [2.24, 2.45) is 11.1 Å². The Kier molecular flexibility index (Phi) is 2.92. The number of nitrogens with two attached hydrogens (primary N) is 1. The molecule has 0 aromatic carbocycles. The van der Waals surface area contributed by atoms with E-state index in [0.29, 0.717) is 0 Å². The molecule has 0 aliphatic carbocycles. The van der Waals surface area contributed by atoms with Crippen molar-refractivity contribution in [1.29, 1.82) is 0 Å². The molecular formula is C11H18N2O. The van der Waals surface area contributed by atoms with Crippen molar-refractivity contribution in [1.82, 2.24) is 4.98 Å². The van der Waals surface area contributed by atoms with Gasteiger partial charge in [-0.1, -0.05) is 26.8 Å². The average Bonchev–Trinajstić information content (AvgIpc) is 2.16. The Bertz CT molecular complexity index is 292. The molecule has 1 aromatic rings. The van der Waals surface area contributed by atoms with Crippen molar-refractivity contribution >= 4 is 0 Å². The molecule has 1 atom stereocenters. The van der Waals surface area contributed by atoms with E-state index in [0.717, 1.165) is 5.56 Å². The SMILES string of the molecule is CC(C)(C)C(O)(CN)c1cccnc1. The van der Waals surface area contributed by atoms with Crippen LogP contribution in [0.4, 0.5) is 0 Å². The maximum atomic E-state index is 10.5.